The number of carbonyl (C=O) groups excluding carboxylic acids is 2. The summed E-state index contributed by atoms with van der Waals surface area (Å²) in [7, 11) is 0. The Bertz CT molecular complexity index is 631. The van der Waals surface area contributed by atoms with E-state index in [4.69, 9.17) is 0 Å². The number of rotatable bonds is 3. The molecule has 0 radical (unpaired) electrons. The van der Waals surface area contributed by atoms with E-state index in [2.05, 4.69) is 20.9 Å². The van der Waals surface area contributed by atoms with Crippen LogP contribution in [0.1, 0.15) is 15.9 Å². The molecule has 4 heteroatoms. The van der Waals surface area contributed by atoms with Gasteiger partial charge < -0.3 is 0 Å². The van der Waals surface area contributed by atoms with Crippen molar-refractivity contribution in [1.82, 2.24) is 0 Å². The first-order chi connectivity index (χ1) is 8.74. The molecular formula is C14H8BrNO2. The Kier molecular flexibility index (Phi) is 3.82. The number of isocyanates is 1. The number of halogens is 1. The Hall–Kier alpha value is -2.03. The van der Waals surface area contributed by atoms with Gasteiger partial charge in [0.1, 0.15) is 5.69 Å². The van der Waals surface area contributed by atoms with Gasteiger partial charge in [-0.25, -0.2) is 4.79 Å². The third-order valence-corrected chi connectivity index (χ3v) is 3.06. The lowest BCUT2D eigenvalue weighted by Crippen LogP contribution is -2.01. The van der Waals surface area contributed by atoms with Crippen LogP contribution in [0, 0.1) is 0 Å². The SMILES string of the molecule is O=C=Nc1c(Br)cccc1C(=O)c1ccccc1. The highest BCUT2D eigenvalue weighted by Crippen LogP contribution is 2.30. The van der Waals surface area contributed by atoms with Gasteiger partial charge in [-0.15, -0.1) is 0 Å². The standard InChI is InChI=1S/C14H8BrNO2/c15-12-8-4-7-11(13(12)16-9-17)14(18)10-5-2-1-3-6-10/h1-8H. The van der Waals surface area contributed by atoms with Crippen molar-refractivity contribution in [3.05, 3.63) is 64.1 Å². The molecule has 0 spiro atoms. The molecule has 0 heterocycles. The summed E-state index contributed by atoms with van der Waals surface area (Å²) in [5, 5.41) is 0. The number of hydrogen-bond acceptors (Lipinski definition) is 3. The summed E-state index contributed by atoms with van der Waals surface area (Å²) < 4.78 is 0.590. The lowest BCUT2D eigenvalue weighted by molar-refractivity contribution is 0.103. The van der Waals surface area contributed by atoms with Crippen LogP contribution in [0.4, 0.5) is 5.69 Å². The highest BCUT2D eigenvalue weighted by Gasteiger charge is 2.15. The number of hydrogen-bond donors (Lipinski definition) is 0. The largest absolute Gasteiger partial charge is 0.289 e. The fourth-order valence-corrected chi connectivity index (χ4v) is 2.06. The quantitative estimate of drug-likeness (QED) is 0.493. The summed E-state index contributed by atoms with van der Waals surface area (Å²) >= 11 is 3.26. The molecular weight excluding hydrogens is 294 g/mol. The molecule has 0 fully saturated rings. The molecule has 88 valence electrons. The maximum absolute atomic E-state index is 12.3. The predicted octanol–water partition coefficient (Wildman–Crippen LogP) is 3.65. The van der Waals surface area contributed by atoms with Crippen molar-refractivity contribution >= 4 is 33.5 Å². The number of para-hydroxylation sites is 1. The third kappa shape index (κ3) is 2.45. The monoisotopic (exact) mass is 301 g/mol. The Morgan fingerprint density at radius 3 is 2.44 bits per heavy atom. The first-order valence-corrected chi connectivity index (χ1v) is 5.99. The average Bonchev–Trinajstić information content (AvgIpc) is 2.41. The number of benzene rings is 2. The smallest absolute Gasteiger partial charge is 0.240 e. The van der Waals surface area contributed by atoms with Gasteiger partial charge in [0, 0.05) is 10.0 Å². The lowest BCUT2D eigenvalue weighted by atomic mass is 10.0. The van der Waals surface area contributed by atoms with Gasteiger partial charge in [0.2, 0.25) is 6.08 Å². The fraction of sp³-hybridized carbons (Fsp3) is 0. The number of carbonyl (C=O) groups is 1. The van der Waals surface area contributed by atoms with Gasteiger partial charge in [-0.05, 0) is 28.1 Å². The topological polar surface area (TPSA) is 46.5 Å². The van der Waals surface area contributed by atoms with Gasteiger partial charge in [0.15, 0.2) is 5.78 Å². The molecule has 0 saturated carbocycles. The maximum Gasteiger partial charge on any atom is 0.240 e. The van der Waals surface area contributed by atoms with E-state index in [1.54, 1.807) is 42.5 Å². The van der Waals surface area contributed by atoms with Crippen LogP contribution < -0.4 is 0 Å². The number of aliphatic imine (C=N–C) groups is 1. The van der Waals surface area contributed by atoms with E-state index >= 15 is 0 Å². The molecule has 0 aliphatic rings. The van der Waals surface area contributed by atoms with Crippen molar-refractivity contribution < 1.29 is 9.59 Å². The highest BCUT2D eigenvalue weighted by atomic mass is 79.9. The molecule has 0 bridgehead atoms. The van der Waals surface area contributed by atoms with Gasteiger partial charge in [0.05, 0.1) is 5.56 Å². The maximum atomic E-state index is 12.3. The first kappa shape index (κ1) is 12.4. The van der Waals surface area contributed by atoms with Crippen LogP contribution in [0.25, 0.3) is 0 Å². The van der Waals surface area contributed by atoms with Gasteiger partial charge in [0.25, 0.3) is 0 Å². The minimum absolute atomic E-state index is 0.175. The van der Waals surface area contributed by atoms with E-state index in [9.17, 15) is 9.59 Å². The van der Waals surface area contributed by atoms with E-state index in [1.165, 1.54) is 6.08 Å². The van der Waals surface area contributed by atoms with Crippen LogP contribution in [0.3, 0.4) is 0 Å². The summed E-state index contributed by atoms with van der Waals surface area (Å²) in [6.45, 7) is 0. The second-order valence-corrected chi connectivity index (χ2v) is 4.39. The molecule has 18 heavy (non-hydrogen) atoms. The van der Waals surface area contributed by atoms with Crippen molar-refractivity contribution in [2.24, 2.45) is 4.99 Å². The van der Waals surface area contributed by atoms with Crippen LogP contribution in [-0.4, -0.2) is 11.9 Å². The molecule has 3 nitrogen and oxygen atoms in total. The van der Waals surface area contributed by atoms with Crippen molar-refractivity contribution in [2.75, 3.05) is 0 Å². The van der Waals surface area contributed by atoms with Crippen LogP contribution >= 0.6 is 15.9 Å². The third-order valence-electron chi connectivity index (χ3n) is 2.42. The van der Waals surface area contributed by atoms with Crippen molar-refractivity contribution in [3.63, 3.8) is 0 Å². The Labute approximate surface area is 112 Å². The van der Waals surface area contributed by atoms with E-state index in [1.807, 2.05) is 6.07 Å². The second-order valence-electron chi connectivity index (χ2n) is 3.53. The Morgan fingerprint density at radius 1 is 1.06 bits per heavy atom. The van der Waals surface area contributed by atoms with Crippen molar-refractivity contribution in [1.29, 1.82) is 0 Å². The molecule has 0 aliphatic carbocycles. The minimum Gasteiger partial charge on any atom is -0.289 e. The molecule has 2 aromatic rings. The van der Waals surface area contributed by atoms with Gasteiger partial charge in [-0.1, -0.05) is 36.4 Å². The van der Waals surface area contributed by atoms with Gasteiger partial charge >= 0.3 is 0 Å². The average molecular weight is 302 g/mol. The predicted molar refractivity (Wildman–Crippen MR) is 71.8 cm³/mol. The van der Waals surface area contributed by atoms with Crippen LogP contribution in [0.2, 0.25) is 0 Å². The van der Waals surface area contributed by atoms with Crippen molar-refractivity contribution in [2.45, 2.75) is 0 Å². The number of nitrogens with zero attached hydrogens (tertiary/aromatic N) is 1. The normalized spacial score (nSPS) is 9.61. The number of ketones is 1. The van der Waals surface area contributed by atoms with E-state index in [0.717, 1.165) is 0 Å². The molecule has 0 N–H and O–H groups in total. The molecule has 0 aromatic heterocycles. The summed E-state index contributed by atoms with van der Waals surface area (Å²) in [5.41, 5.74) is 1.23. The Balaban J connectivity index is 2.55. The summed E-state index contributed by atoms with van der Waals surface area (Å²) in [4.78, 5) is 26.3. The zero-order valence-electron chi connectivity index (χ0n) is 9.26. The first-order valence-electron chi connectivity index (χ1n) is 5.20. The zero-order chi connectivity index (χ0) is 13.0. The van der Waals surface area contributed by atoms with Gasteiger partial charge in [-0.3, -0.25) is 4.79 Å². The highest BCUT2D eigenvalue weighted by molar-refractivity contribution is 9.10. The fourth-order valence-electron chi connectivity index (χ4n) is 1.60. The molecule has 2 rings (SSSR count). The Morgan fingerprint density at radius 2 is 1.78 bits per heavy atom. The lowest BCUT2D eigenvalue weighted by Gasteiger charge is -2.05. The minimum atomic E-state index is -0.175. The van der Waals surface area contributed by atoms with E-state index < -0.39 is 0 Å². The van der Waals surface area contributed by atoms with E-state index in [-0.39, 0.29) is 5.78 Å². The van der Waals surface area contributed by atoms with Gasteiger partial charge in [-0.2, -0.15) is 4.99 Å². The molecule has 0 amide bonds. The van der Waals surface area contributed by atoms with Crippen LogP contribution in [0.5, 0.6) is 0 Å². The molecule has 0 unspecified atom stereocenters. The summed E-state index contributed by atoms with van der Waals surface area (Å²) in [6, 6.07) is 13.9. The van der Waals surface area contributed by atoms with Crippen LogP contribution in [-0.2, 0) is 4.79 Å². The van der Waals surface area contributed by atoms with Crippen molar-refractivity contribution in [3.8, 4) is 0 Å². The molecule has 0 saturated heterocycles. The second kappa shape index (κ2) is 5.54. The molecule has 0 aliphatic heterocycles. The van der Waals surface area contributed by atoms with E-state index in [0.29, 0.717) is 21.3 Å². The molecule has 2 aromatic carbocycles. The molecule has 0 atom stereocenters. The van der Waals surface area contributed by atoms with Crippen LogP contribution in [0.15, 0.2) is 58.0 Å². The zero-order valence-corrected chi connectivity index (χ0v) is 10.8. The summed E-state index contributed by atoms with van der Waals surface area (Å²) in [6.07, 6.45) is 1.46. The summed E-state index contributed by atoms with van der Waals surface area (Å²) in [5.74, 6) is -0.175.